The summed E-state index contributed by atoms with van der Waals surface area (Å²) in [7, 11) is 0. The molecule has 1 aromatic carbocycles. The molecule has 2 atom stereocenters. The molecule has 0 saturated carbocycles. The molecule has 110 valence electrons. The Morgan fingerprint density at radius 2 is 2.00 bits per heavy atom. The minimum atomic E-state index is -0.122. The smallest absolute Gasteiger partial charge is 0.123 e. The molecule has 2 unspecified atom stereocenters. The second kappa shape index (κ2) is 6.23. The van der Waals surface area contributed by atoms with Crippen molar-refractivity contribution in [3.05, 3.63) is 35.6 Å². The molecule has 3 rings (SSSR count). The van der Waals surface area contributed by atoms with Crippen molar-refractivity contribution in [2.45, 2.75) is 44.7 Å². The van der Waals surface area contributed by atoms with E-state index in [4.69, 9.17) is 0 Å². The van der Waals surface area contributed by atoms with E-state index >= 15 is 0 Å². The summed E-state index contributed by atoms with van der Waals surface area (Å²) < 4.78 is 13.4. The SMILES string of the molecule is CC(c1cccc(F)c1)N1CCCN2CCCCC2C1. The molecule has 0 aliphatic carbocycles. The fourth-order valence-electron chi connectivity index (χ4n) is 3.73. The fraction of sp³-hybridized carbons (Fsp3) is 0.647. The molecule has 20 heavy (non-hydrogen) atoms. The molecule has 1 aromatic rings. The van der Waals surface area contributed by atoms with Gasteiger partial charge in [-0.05, 0) is 57.0 Å². The molecule has 0 radical (unpaired) electrons. The van der Waals surface area contributed by atoms with Crippen molar-refractivity contribution in [3.63, 3.8) is 0 Å². The molecule has 3 heteroatoms. The van der Waals surface area contributed by atoms with Crippen LogP contribution in [0, 0.1) is 5.82 Å². The van der Waals surface area contributed by atoms with Crippen LogP contribution in [0.15, 0.2) is 24.3 Å². The third kappa shape index (κ3) is 3.04. The van der Waals surface area contributed by atoms with E-state index < -0.39 is 0 Å². The predicted molar refractivity (Wildman–Crippen MR) is 80.2 cm³/mol. The van der Waals surface area contributed by atoms with Crippen LogP contribution in [0.4, 0.5) is 4.39 Å². The lowest BCUT2D eigenvalue weighted by Crippen LogP contribution is -2.44. The second-order valence-corrected chi connectivity index (χ2v) is 6.27. The first-order chi connectivity index (χ1) is 9.74. The Hall–Kier alpha value is -0.930. The highest BCUT2D eigenvalue weighted by Gasteiger charge is 2.29. The number of piperidine rings is 1. The largest absolute Gasteiger partial charge is 0.299 e. The first-order valence-electron chi connectivity index (χ1n) is 7.97. The zero-order valence-electron chi connectivity index (χ0n) is 12.4. The lowest BCUT2D eigenvalue weighted by molar-refractivity contribution is 0.123. The summed E-state index contributed by atoms with van der Waals surface area (Å²) in [6, 6.07) is 8.12. The molecule has 0 bridgehead atoms. The number of halogens is 1. The van der Waals surface area contributed by atoms with Crippen molar-refractivity contribution in [2.24, 2.45) is 0 Å². The first kappa shape index (κ1) is 14.0. The third-order valence-electron chi connectivity index (χ3n) is 4.96. The topological polar surface area (TPSA) is 6.48 Å². The Morgan fingerprint density at radius 1 is 1.15 bits per heavy atom. The van der Waals surface area contributed by atoms with Gasteiger partial charge in [0.2, 0.25) is 0 Å². The van der Waals surface area contributed by atoms with E-state index in [9.17, 15) is 4.39 Å². The van der Waals surface area contributed by atoms with Gasteiger partial charge >= 0.3 is 0 Å². The highest BCUT2D eigenvalue weighted by Crippen LogP contribution is 2.27. The molecule has 2 aliphatic rings. The van der Waals surface area contributed by atoms with Crippen LogP contribution in [0.1, 0.15) is 44.2 Å². The van der Waals surface area contributed by atoms with Gasteiger partial charge in [0.15, 0.2) is 0 Å². The Morgan fingerprint density at radius 3 is 2.85 bits per heavy atom. The number of benzene rings is 1. The summed E-state index contributed by atoms with van der Waals surface area (Å²) in [4.78, 5) is 5.21. The van der Waals surface area contributed by atoms with E-state index in [0.29, 0.717) is 12.1 Å². The molecule has 2 nitrogen and oxygen atoms in total. The van der Waals surface area contributed by atoms with Gasteiger partial charge in [0.1, 0.15) is 5.82 Å². The minimum absolute atomic E-state index is 0.122. The van der Waals surface area contributed by atoms with Gasteiger partial charge in [0.25, 0.3) is 0 Å². The van der Waals surface area contributed by atoms with Crippen LogP contribution in [0.5, 0.6) is 0 Å². The Labute approximate surface area is 121 Å². The molecular formula is C17H25FN2. The fourth-order valence-corrected chi connectivity index (χ4v) is 3.73. The molecular weight excluding hydrogens is 251 g/mol. The van der Waals surface area contributed by atoms with E-state index in [0.717, 1.165) is 18.7 Å². The van der Waals surface area contributed by atoms with Gasteiger partial charge in [-0.1, -0.05) is 18.6 Å². The van der Waals surface area contributed by atoms with Crippen molar-refractivity contribution >= 4 is 0 Å². The standard InChI is InChI=1S/C17H25FN2/c1-14(15-6-4-7-16(18)12-15)20-11-5-10-19-9-3-2-8-17(19)13-20/h4,6-7,12,14,17H,2-3,5,8-11,13H2,1H3. The third-order valence-corrected chi connectivity index (χ3v) is 4.96. The van der Waals surface area contributed by atoms with E-state index in [2.05, 4.69) is 22.8 Å². The molecule has 2 fully saturated rings. The van der Waals surface area contributed by atoms with Gasteiger partial charge in [0, 0.05) is 25.2 Å². The first-order valence-corrected chi connectivity index (χ1v) is 7.97. The Balaban J connectivity index is 1.72. The summed E-state index contributed by atoms with van der Waals surface area (Å²) in [6.07, 6.45) is 5.28. The molecule has 0 amide bonds. The number of hydrogen-bond donors (Lipinski definition) is 0. The monoisotopic (exact) mass is 276 g/mol. The average molecular weight is 276 g/mol. The van der Waals surface area contributed by atoms with Crippen molar-refractivity contribution < 1.29 is 4.39 Å². The molecule has 2 heterocycles. The maximum atomic E-state index is 13.4. The van der Waals surface area contributed by atoms with Gasteiger partial charge in [0.05, 0.1) is 0 Å². The summed E-state index contributed by atoms with van der Waals surface area (Å²) in [6.45, 7) is 6.99. The Kier molecular flexibility index (Phi) is 4.37. The van der Waals surface area contributed by atoms with Gasteiger partial charge in [-0.3, -0.25) is 9.80 Å². The predicted octanol–water partition coefficient (Wildman–Crippen LogP) is 3.45. The molecule has 0 spiro atoms. The molecule has 0 N–H and O–H groups in total. The van der Waals surface area contributed by atoms with E-state index in [-0.39, 0.29) is 5.82 Å². The Bertz CT molecular complexity index is 448. The van der Waals surface area contributed by atoms with Crippen LogP contribution >= 0.6 is 0 Å². The normalized spacial score (nSPS) is 26.8. The van der Waals surface area contributed by atoms with Crippen LogP contribution in [0.3, 0.4) is 0 Å². The number of hydrogen-bond acceptors (Lipinski definition) is 2. The second-order valence-electron chi connectivity index (χ2n) is 6.27. The van der Waals surface area contributed by atoms with E-state index in [1.54, 1.807) is 6.07 Å². The van der Waals surface area contributed by atoms with E-state index in [1.807, 2.05) is 6.07 Å². The average Bonchev–Trinajstić information content (AvgIpc) is 2.68. The van der Waals surface area contributed by atoms with Crippen molar-refractivity contribution in [1.82, 2.24) is 9.80 Å². The lowest BCUT2D eigenvalue weighted by atomic mass is 10.0. The number of nitrogens with zero attached hydrogens (tertiary/aromatic N) is 2. The lowest BCUT2D eigenvalue weighted by Gasteiger charge is -2.37. The van der Waals surface area contributed by atoms with E-state index in [1.165, 1.54) is 44.8 Å². The van der Waals surface area contributed by atoms with Crippen molar-refractivity contribution in [1.29, 1.82) is 0 Å². The van der Waals surface area contributed by atoms with Crippen LogP contribution in [-0.2, 0) is 0 Å². The minimum Gasteiger partial charge on any atom is -0.299 e. The molecule has 0 aromatic heterocycles. The zero-order chi connectivity index (χ0) is 13.9. The highest BCUT2D eigenvalue weighted by atomic mass is 19.1. The van der Waals surface area contributed by atoms with Gasteiger partial charge < -0.3 is 0 Å². The summed E-state index contributed by atoms with van der Waals surface area (Å²) in [5, 5.41) is 0. The summed E-state index contributed by atoms with van der Waals surface area (Å²) in [5.41, 5.74) is 1.11. The van der Waals surface area contributed by atoms with Crippen LogP contribution in [0.25, 0.3) is 0 Å². The zero-order valence-corrected chi connectivity index (χ0v) is 12.4. The maximum Gasteiger partial charge on any atom is 0.123 e. The van der Waals surface area contributed by atoms with Crippen LogP contribution in [0.2, 0.25) is 0 Å². The van der Waals surface area contributed by atoms with Crippen molar-refractivity contribution in [3.8, 4) is 0 Å². The highest BCUT2D eigenvalue weighted by molar-refractivity contribution is 5.19. The van der Waals surface area contributed by atoms with Crippen LogP contribution < -0.4 is 0 Å². The van der Waals surface area contributed by atoms with Gasteiger partial charge in [-0.2, -0.15) is 0 Å². The number of fused-ring (bicyclic) bond motifs is 1. The maximum absolute atomic E-state index is 13.4. The van der Waals surface area contributed by atoms with Crippen molar-refractivity contribution in [2.75, 3.05) is 26.2 Å². The molecule has 2 aliphatic heterocycles. The quantitative estimate of drug-likeness (QED) is 0.816. The van der Waals surface area contributed by atoms with Crippen LogP contribution in [-0.4, -0.2) is 42.0 Å². The summed E-state index contributed by atoms with van der Waals surface area (Å²) >= 11 is 0. The van der Waals surface area contributed by atoms with Gasteiger partial charge in [-0.25, -0.2) is 4.39 Å². The molecule has 2 saturated heterocycles. The van der Waals surface area contributed by atoms with Gasteiger partial charge in [-0.15, -0.1) is 0 Å². The number of rotatable bonds is 2. The summed E-state index contributed by atoms with van der Waals surface area (Å²) in [5.74, 6) is -0.122.